The van der Waals surface area contributed by atoms with Gasteiger partial charge in [-0.15, -0.1) is 0 Å². The molecule has 0 spiro atoms. The van der Waals surface area contributed by atoms with Gasteiger partial charge in [0.25, 0.3) is 0 Å². The fourth-order valence-corrected chi connectivity index (χ4v) is 4.04. The number of hydrogen-bond donors (Lipinski definition) is 1. The zero-order valence-corrected chi connectivity index (χ0v) is 16.5. The zero-order chi connectivity index (χ0) is 20.1. The summed E-state index contributed by atoms with van der Waals surface area (Å²) in [4.78, 5) is 30.1. The smallest absolute Gasteiger partial charge is 0.247 e. The van der Waals surface area contributed by atoms with Crippen molar-refractivity contribution in [3.63, 3.8) is 0 Å². The summed E-state index contributed by atoms with van der Waals surface area (Å²) in [7, 11) is 0. The molecule has 1 N–H and O–H groups in total. The third-order valence-electron chi connectivity index (χ3n) is 5.60. The van der Waals surface area contributed by atoms with E-state index < -0.39 is 6.04 Å². The summed E-state index contributed by atoms with van der Waals surface area (Å²) in [6.45, 7) is 5.03. The minimum atomic E-state index is -0.600. The maximum atomic E-state index is 13.2. The number of benzene rings is 2. The number of carbonyl (C=O) groups excluding carboxylic acids is 2. The van der Waals surface area contributed by atoms with Crippen molar-refractivity contribution in [2.24, 2.45) is 0 Å². The van der Waals surface area contributed by atoms with E-state index in [0.29, 0.717) is 19.5 Å². The topological polar surface area (TPSA) is 61.9 Å². The van der Waals surface area contributed by atoms with E-state index in [1.807, 2.05) is 54.6 Å². The zero-order valence-electron chi connectivity index (χ0n) is 16.5. The predicted molar refractivity (Wildman–Crippen MR) is 110 cm³/mol. The number of nitrogens with zero attached hydrogens (tertiary/aromatic N) is 2. The minimum Gasteiger partial charge on any atom is -0.379 e. The van der Waals surface area contributed by atoms with Crippen molar-refractivity contribution in [3.8, 4) is 0 Å². The van der Waals surface area contributed by atoms with Crippen LogP contribution in [0.25, 0.3) is 0 Å². The number of hydrogen-bond acceptors (Lipinski definition) is 4. The van der Waals surface area contributed by atoms with Gasteiger partial charge in [0, 0.05) is 32.7 Å². The second-order valence-electron chi connectivity index (χ2n) is 7.53. The molecule has 2 aliphatic rings. The Morgan fingerprint density at radius 1 is 1.03 bits per heavy atom. The molecular weight excluding hydrogens is 366 g/mol. The summed E-state index contributed by atoms with van der Waals surface area (Å²) in [6, 6.07) is 17.0. The fraction of sp³-hybridized carbons (Fsp3) is 0.391. The van der Waals surface area contributed by atoms with Gasteiger partial charge in [0.2, 0.25) is 11.8 Å². The summed E-state index contributed by atoms with van der Waals surface area (Å²) in [5, 5.41) is 3.06. The molecule has 1 fully saturated rings. The number of amides is 2. The Hall–Kier alpha value is -2.70. The quantitative estimate of drug-likeness (QED) is 0.813. The highest BCUT2D eigenvalue weighted by Gasteiger charge is 2.36. The van der Waals surface area contributed by atoms with E-state index in [4.69, 9.17) is 4.74 Å². The lowest BCUT2D eigenvalue weighted by Gasteiger charge is -2.36. The molecule has 2 aromatic carbocycles. The average molecular weight is 393 g/mol. The van der Waals surface area contributed by atoms with Gasteiger partial charge in [-0.3, -0.25) is 14.5 Å². The largest absolute Gasteiger partial charge is 0.379 e. The number of ether oxygens (including phenoxy) is 1. The molecule has 0 bridgehead atoms. The fourth-order valence-electron chi connectivity index (χ4n) is 4.04. The van der Waals surface area contributed by atoms with Crippen LogP contribution in [-0.4, -0.2) is 61.0 Å². The molecule has 1 atom stereocenters. The molecule has 2 heterocycles. The van der Waals surface area contributed by atoms with E-state index >= 15 is 0 Å². The first-order valence-electron chi connectivity index (χ1n) is 10.2. The lowest BCUT2D eigenvalue weighted by atomic mass is 9.91. The van der Waals surface area contributed by atoms with E-state index in [2.05, 4.69) is 10.2 Å². The molecule has 2 aromatic rings. The first-order chi connectivity index (χ1) is 14.2. The van der Waals surface area contributed by atoms with Gasteiger partial charge < -0.3 is 15.0 Å². The predicted octanol–water partition coefficient (Wildman–Crippen LogP) is 1.76. The van der Waals surface area contributed by atoms with Gasteiger partial charge in [0.1, 0.15) is 6.04 Å². The highest BCUT2D eigenvalue weighted by atomic mass is 16.5. The molecule has 29 heavy (non-hydrogen) atoms. The van der Waals surface area contributed by atoms with Gasteiger partial charge in [-0.2, -0.15) is 0 Å². The summed E-state index contributed by atoms with van der Waals surface area (Å²) in [5.74, 6) is -0.129. The molecule has 6 nitrogen and oxygen atoms in total. The van der Waals surface area contributed by atoms with Crippen LogP contribution >= 0.6 is 0 Å². The summed E-state index contributed by atoms with van der Waals surface area (Å²) >= 11 is 0. The van der Waals surface area contributed by atoms with E-state index in [1.54, 1.807) is 4.90 Å². The Balaban J connectivity index is 1.50. The van der Waals surface area contributed by atoms with Crippen LogP contribution in [0.15, 0.2) is 54.6 Å². The van der Waals surface area contributed by atoms with Gasteiger partial charge in [-0.05, 0) is 16.7 Å². The van der Waals surface area contributed by atoms with Crippen molar-refractivity contribution in [1.29, 1.82) is 0 Å². The molecule has 0 radical (unpaired) electrons. The van der Waals surface area contributed by atoms with Crippen molar-refractivity contribution in [1.82, 2.24) is 15.1 Å². The maximum absolute atomic E-state index is 13.2. The second-order valence-corrected chi connectivity index (χ2v) is 7.53. The van der Waals surface area contributed by atoms with Gasteiger partial charge >= 0.3 is 0 Å². The van der Waals surface area contributed by atoms with Crippen LogP contribution in [0.5, 0.6) is 0 Å². The Labute approximate surface area is 171 Å². The van der Waals surface area contributed by atoms with Crippen molar-refractivity contribution in [3.05, 3.63) is 71.3 Å². The summed E-state index contributed by atoms with van der Waals surface area (Å²) < 4.78 is 5.37. The SMILES string of the molecule is O=C(NCCN1CCOCC1)C1c2ccccc2CC(=O)N1Cc1ccccc1. The molecule has 2 amide bonds. The van der Waals surface area contributed by atoms with Crippen LogP contribution in [0, 0.1) is 0 Å². The summed E-state index contributed by atoms with van der Waals surface area (Å²) in [5.41, 5.74) is 2.88. The number of fused-ring (bicyclic) bond motifs is 1. The third kappa shape index (κ3) is 4.66. The number of morpholine rings is 1. The Kier molecular flexibility index (Phi) is 6.22. The highest BCUT2D eigenvalue weighted by molar-refractivity contribution is 5.92. The Bertz CT molecular complexity index is 849. The molecule has 1 saturated heterocycles. The van der Waals surface area contributed by atoms with Crippen molar-refractivity contribution < 1.29 is 14.3 Å². The van der Waals surface area contributed by atoms with Crippen LogP contribution in [0.2, 0.25) is 0 Å². The minimum absolute atomic E-state index is 0.0131. The normalized spacial score (nSPS) is 19.7. The van der Waals surface area contributed by atoms with Crippen molar-refractivity contribution >= 4 is 11.8 Å². The van der Waals surface area contributed by atoms with Crippen molar-refractivity contribution in [2.45, 2.75) is 19.0 Å². The first-order valence-corrected chi connectivity index (χ1v) is 10.2. The monoisotopic (exact) mass is 393 g/mol. The van der Waals surface area contributed by atoms with E-state index in [9.17, 15) is 9.59 Å². The average Bonchev–Trinajstić information content (AvgIpc) is 2.75. The van der Waals surface area contributed by atoms with Crippen LogP contribution < -0.4 is 5.32 Å². The summed E-state index contributed by atoms with van der Waals surface area (Å²) in [6.07, 6.45) is 0.334. The molecule has 4 rings (SSSR count). The number of carbonyl (C=O) groups is 2. The van der Waals surface area contributed by atoms with Gasteiger partial charge in [0.15, 0.2) is 0 Å². The van der Waals surface area contributed by atoms with Crippen LogP contribution in [0.1, 0.15) is 22.7 Å². The van der Waals surface area contributed by atoms with Crippen molar-refractivity contribution in [2.75, 3.05) is 39.4 Å². The standard InChI is InChI=1S/C23H27N3O3/c27-21-16-19-8-4-5-9-20(19)22(26(21)17-18-6-2-1-3-7-18)23(28)24-10-11-25-12-14-29-15-13-25/h1-9,22H,10-17H2,(H,24,28). The lowest BCUT2D eigenvalue weighted by molar-refractivity contribution is -0.142. The number of nitrogens with one attached hydrogen (secondary N) is 1. The van der Waals surface area contributed by atoms with E-state index in [1.165, 1.54) is 0 Å². The van der Waals surface area contributed by atoms with Crippen LogP contribution in [-0.2, 0) is 27.3 Å². The van der Waals surface area contributed by atoms with Gasteiger partial charge in [-0.1, -0.05) is 54.6 Å². The molecule has 2 aliphatic heterocycles. The highest BCUT2D eigenvalue weighted by Crippen LogP contribution is 2.32. The lowest BCUT2D eigenvalue weighted by Crippen LogP contribution is -2.48. The molecular formula is C23H27N3O3. The van der Waals surface area contributed by atoms with Crippen LogP contribution in [0.4, 0.5) is 0 Å². The van der Waals surface area contributed by atoms with Gasteiger partial charge in [-0.25, -0.2) is 0 Å². The van der Waals surface area contributed by atoms with Gasteiger partial charge in [0.05, 0.1) is 19.6 Å². The Morgan fingerprint density at radius 3 is 2.55 bits per heavy atom. The molecule has 1 unspecified atom stereocenters. The Morgan fingerprint density at radius 2 is 1.76 bits per heavy atom. The van der Waals surface area contributed by atoms with Crippen LogP contribution in [0.3, 0.4) is 0 Å². The third-order valence-corrected chi connectivity index (χ3v) is 5.60. The number of rotatable bonds is 6. The maximum Gasteiger partial charge on any atom is 0.247 e. The molecule has 152 valence electrons. The van der Waals surface area contributed by atoms with E-state index in [-0.39, 0.29) is 11.8 Å². The molecule has 0 aromatic heterocycles. The molecule has 0 aliphatic carbocycles. The molecule has 6 heteroatoms. The first kappa shape index (κ1) is 19.6. The second kappa shape index (κ2) is 9.20. The van der Waals surface area contributed by atoms with E-state index in [0.717, 1.165) is 49.5 Å². The molecule has 0 saturated carbocycles.